The summed E-state index contributed by atoms with van der Waals surface area (Å²) in [5, 5.41) is 14.3. The summed E-state index contributed by atoms with van der Waals surface area (Å²) < 4.78 is 5.31. The van der Waals surface area contributed by atoms with Crippen molar-refractivity contribution in [3.63, 3.8) is 0 Å². The zero-order valence-electron chi connectivity index (χ0n) is 10.5. The van der Waals surface area contributed by atoms with Crippen molar-refractivity contribution in [3.8, 4) is 0 Å². The molecule has 1 aliphatic heterocycles. The summed E-state index contributed by atoms with van der Waals surface area (Å²) in [5.74, 6) is 0.523. The van der Waals surface area contributed by atoms with Crippen LogP contribution in [0.25, 0.3) is 0 Å². The van der Waals surface area contributed by atoms with E-state index in [2.05, 4.69) is 5.32 Å². The van der Waals surface area contributed by atoms with Crippen molar-refractivity contribution in [1.82, 2.24) is 5.32 Å². The van der Waals surface area contributed by atoms with E-state index in [1.807, 2.05) is 13.0 Å². The fraction of sp³-hybridized carbons (Fsp3) is 0.538. The van der Waals surface area contributed by atoms with Crippen LogP contribution in [0.5, 0.6) is 0 Å². The summed E-state index contributed by atoms with van der Waals surface area (Å²) in [4.78, 5) is 10.6. The van der Waals surface area contributed by atoms with Crippen LogP contribution >= 0.6 is 0 Å². The number of nitro benzene ring substituents is 1. The van der Waals surface area contributed by atoms with E-state index in [0.29, 0.717) is 5.92 Å². The average Bonchev–Trinajstić information content (AvgIpc) is 2.89. The Hall–Kier alpha value is -1.46. The molecule has 2 unspecified atom stereocenters. The maximum atomic E-state index is 10.9. The lowest BCUT2D eigenvalue weighted by atomic mass is 10.0. The van der Waals surface area contributed by atoms with Crippen LogP contribution in [0.2, 0.25) is 0 Å². The second-order valence-corrected chi connectivity index (χ2v) is 4.68. The molecule has 2 atom stereocenters. The molecule has 2 rings (SSSR count). The van der Waals surface area contributed by atoms with Crippen LogP contribution in [0.15, 0.2) is 24.3 Å². The monoisotopic (exact) mass is 250 g/mol. The summed E-state index contributed by atoms with van der Waals surface area (Å²) in [6, 6.07) is 6.86. The first-order chi connectivity index (χ1) is 8.68. The first-order valence-corrected chi connectivity index (χ1v) is 6.23. The van der Waals surface area contributed by atoms with Gasteiger partial charge in [0.05, 0.1) is 11.5 Å². The van der Waals surface area contributed by atoms with Gasteiger partial charge in [-0.3, -0.25) is 10.1 Å². The van der Waals surface area contributed by atoms with Gasteiger partial charge in [0.25, 0.3) is 5.69 Å². The average molecular weight is 250 g/mol. The summed E-state index contributed by atoms with van der Waals surface area (Å²) in [6.07, 6.45) is 1.07. The van der Waals surface area contributed by atoms with Gasteiger partial charge >= 0.3 is 0 Å². The number of hydrogen-bond donors (Lipinski definition) is 1. The van der Waals surface area contributed by atoms with Gasteiger partial charge in [0.2, 0.25) is 0 Å². The quantitative estimate of drug-likeness (QED) is 0.643. The molecule has 18 heavy (non-hydrogen) atoms. The zero-order chi connectivity index (χ0) is 13.0. The number of nitro groups is 1. The molecule has 1 aliphatic rings. The lowest BCUT2D eigenvalue weighted by Crippen LogP contribution is -2.26. The van der Waals surface area contributed by atoms with E-state index < -0.39 is 0 Å². The van der Waals surface area contributed by atoms with Gasteiger partial charge in [0.1, 0.15) is 0 Å². The number of nitrogens with one attached hydrogen (secondary N) is 1. The van der Waals surface area contributed by atoms with E-state index in [-0.39, 0.29) is 16.7 Å². The second kappa shape index (κ2) is 5.93. The normalized spacial score (nSPS) is 20.8. The fourth-order valence-electron chi connectivity index (χ4n) is 2.22. The first-order valence-electron chi connectivity index (χ1n) is 6.23. The Morgan fingerprint density at radius 3 is 3.00 bits per heavy atom. The molecule has 0 amide bonds. The van der Waals surface area contributed by atoms with Crippen LogP contribution in [0.4, 0.5) is 5.69 Å². The molecule has 0 radical (unpaired) electrons. The van der Waals surface area contributed by atoms with Gasteiger partial charge in [0, 0.05) is 30.8 Å². The summed E-state index contributed by atoms with van der Waals surface area (Å²) in [5.41, 5.74) is 0.918. The molecule has 1 aromatic carbocycles. The molecule has 98 valence electrons. The SMILES string of the molecule is CC(NCC1CCOC1)c1ccccc1[N+](=O)[O-]. The fourth-order valence-corrected chi connectivity index (χ4v) is 2.22. The van der Waals surface area contributed by atoms with Crippen molar-refractivity contribution in [2.24, 2.45) is 5.92 Å². The van der Waals surface area contributed by atoms with E-state index in [1.165, 1.54) is 0 Å². The molecule has 0 aromatic heterocycles. The van der Waals surface area contributed by atoms with Crippen LogP contribution < -0.4 is 5.32 Å². The van der Waals surface area contributed by atoms with E-state index in [4.69, 9.17) is 4.74 Å². The van der Waals surface area contributed by atoms with Crippen molar-refractivity contribution in [2.75, 3.05) is 19.8 Å². The van der Waals surface area contributed by atoms with E-state index in [1.54, 1.807) is 18.2 Å². The Kier molecular flexibility index (Phi) is 4.28. The van der Waals surface area contributed by atoms with Crippen LogP contribution in [-0.4, -0.2) is 24.7 Å². The van der Waals surface area contributed by atoms with E-state index in [0.717, 1.165) is 31.7 Å². The molecule has 1 saturated heterocycles. The number of nitrogens with zero attached hydrogens (tertiary/aromatic N) is 1. The topological polar surface area (TPSA) is 64.4 Å². The van der Waals surface area contributed by atoms with Gasteiger partial charge in [-0.05, 0) is 19.3 Å². The lowest BCUT2D eigenvalue weighted by Gasteiger charge is -2.16. The third-order valence-corrected chi connectivity index (χ3v) is 3.34. The van der Waals surface area contributed by atoms with Crippen LogP contribution in [0.1, 0.15) is 24.9 Å². The van der Waals surface area contributed by atoms with Gasteiger partial charge < -0.3 is 10.1 Å². The maximum absolute atomic E-state index is 10.9. The van der Waals surface area contributed by atoms with Gasteiger partial charge in [0.15, 0.2) is 0 Å². The third kappa shape index (κ3) is 3.05. The molecule has 0 saturated carbocycles. The lowest BCUT2D eigenvalue weighted by molar-refractivity contribution is -0.385. The number of benzene rings is 1. The minimum absolute atomic E-state index is 0.0211. The van der Waals surface area contributed by atoms with Gasteiger partial charge in [-0.1, -0.05) is 18.2 Å². The summed E-state index contributed by atoms with van der Waals surface area (Å²) in [7, 11) is 0. The van der Waals surface area contributed by atoms with Gasteiger partial charge in [-0.15, -0.1) is 0 Å². The van der Waals surface area contributed by atoms with Crippen LogP contribution in [0.3, 0.4) is 0 Å². The van der Waals surface area contributed by atoms with Crippen molar-refractivity contribution in [2.45, 2.75) is 19.4 Å². The Labute approximate surface area is 106 Å². The number of ether oxygens (including phenoxy) is 1. The van der Waals surface area contributed by atoms with Crippen molar-refractivity contribution in [1.29, 1.82) is 0 Å². The zero-order valence-corrected chi connectivity index (χ0v) is 10.5. The molecular formula is C13H18N2O3. The Morgan fingerprint density at radius 2 is 2.33 bits per heavy atom. The number of rotatable bonds is 5. The number of para-hydroxylation sites is 1. The van der Waals surface area contributed by atoms with Crippen molar-refractivity contribution >= 4 is 5.69 Å². The molecular weight excluding hydrogens is 232 g/mol. The smallest absolute Gasteiger partial charge is 0.274 e. The van der Waals surface area contributed by atoms with Gasteiger partial charge in [-0.2, -0.15) is 0 Å². The van der Waals surface area contributed by atoms with Crippen molar-refractivity contribution in [3.05, 3.63) is 39.9 Å². The molecule has 5 heteroatoms. The minimum Gasteiger partial charge on any atom is -0.381 e. The Bertz CT molecular complexity index is 416. The molecule has 1 fully saturated rings. The third-order valence-electron chi connectivity index (χ3n) is 3.34. The molecule has 0 bridgehead atoms. The first kappa shape index (κ1) is 13.0. The minimum atomic E-state index is -0.327. The summed E-state index contributed by atoms with van der Waals surface area (Å²) in [6.45, 7) is 4.41. The van der Waals surface area contributed by atoms with E-state index in [9.17, 15) is 10.1 Å². The van der Waals surface area contributed by atoms with Gasteiger partial charge in [-0.25, -0.2) is 0 Å². The Balaban J connectivity index is 1.99. The maximum Gasteiger partial charge on any atom is 0.274 e. The number of hydrogen-bond acceptors (Lipinski definition) is 4. The second-order valence-electron chi connectivity index (χ2n) is 4.68. The molecule has 0 aliphatic carbocycles. The molecule has 1 aromatic rings. The highest BCUT2D eigenvalue weighted by atomic mass is 16.6. The highest BCUT2D eigenvalue weighted by molar-refractivity contribution is 5.41. The largest absolute Gasteiger partial charge is 0.381 e. The summed E-state index contributed by atoms with van der Waals surface area (Å²) >= 11 is 0. The highest BCUT2D eigenvalue weighted by Gasteiger charge is 2.20. The van der Waals surface area contributed by atoms with E-state index >= 15 is 0 Å². The molecule has 0 spiro atoms. The highest BCUT2D eigenvalue weighted by Crippen LogP contribution is 2.24. The van der Waals surface area contributed by atoms with Crippen molar-refractivity contribution < 1.29 is 9.66 Å². The standard InChI is InChI=1S/C13H18N2O3/c1-10(14-8-11-6-7-18-9-11)12-4-2-3-5-13(12)15(16)17/h2-5,10-11,14H,6-9H2,1H3. The molecule has 5 nitrogen and oxygen atoms in total. The Morgan fingerprint density at radius 1 is 1.56 bits per heavy atom. The molecule has 1 N–H and O–H groups in total. The van der Waals surface area contributed by atoms with Crippen LogP contribution in [-0.2, 0) is 4.74 Å². The predicted octanol–water partition coefficient (Wildman–Crippen LogP) is 2.28. The molecule has 1 heterocycles. The van der Waals surface area contributed by atoms with Crippen LogP contribution in [0, 0.1) is 16.0 Å². The predicted molar refractivity (Wildman–Crippen MR) is 68.4 cm³/mol.